The lowest BCUT2D eigenvalue weighted by molar-refractivity contribution is -0.186. The number of carbonyl (C=O) groups excluding carboxylic acids is 4. The van der Waals surface area contributed by atoms with Crippen molar-refractivity contribution in [3.8, 4) is 0 Å². The zero-order valence-corrected chi connectivity index (χ0v) is 11.5. The average Bonchev–Trinajstić information content (AvgIpc) is 2.31. The number of esters is 3. The van der Waals surface area contributed by atoms with E-state index in [1.165, 1.54) is 0 Å². The summed E-state index contributed by atoms with van der Waals surface area (Å²) >= 11 is 0. The first-order valence-electron chi connectivity index (χ1n) is 5.88. The molecule has 20 heavy (non-hydrogen) atoms. The van der Waals surface area contributed by atoms with Crippen LogP contribution in [0.25, 0.3) is 0 Å². The Kier molecular flexibility index (Phi) is 8.14. The van der Waals surface area contributed by atoms with Gasteiger partial charge in [-0.15, -0.1) is 0 Å². The summed E-state index contributed by atoms with van der Waals surface area (Å²) in [6, 6.07) is 0. The maximum atomic E-state index is 11.1. The van der Waals surface area contributed by atoms with Crippen LogP contribution < -0.4 is 0 Å². The Labute approximate surface area is 116 Å². The molecule has 0 fully saturated rings. The van der Waals surface area contributed by atoms with Crippen LogP contribution in [0.1, 0.15) is 27.2 Å². The number of rotatable bonds is 8. The van der Waals surface area contributed by atoms with Gasteiger partial charge in [-0.2, -0.15) is 0 Å². The molecule has 114 valence electrons. The number of aldehydes is 1. The molecule has 0 rings (SSSR count). The second kappa shape index (κ2) is 9.03. The number of ether oxygens (including phenoxy) is 3. The minimum Gasteiger partial charge on any atom is -0.458 e. The fourth-order valence-electron chi connectivity index (χ4n) is 1.56. The lowest BCUT2D eigenvalue weighted by Crippen LogP contribution is -2.46. The van der Waals surface area contributed by atoms with Crippen LogP contribution in [-0.4, -0.2) is 54.2 Å². The summed E-state index contributed by atoms with van der Waals surface area (Å²) in [6.45, 7) is 2.66. The normalized spacial score (nSPS) is 14.6. The Morgan fingerprint density at radius 1 is 0.950 bits per heavy atom. The molecule has 3 atom stereocenters. The molecule has 8 heteroatoms. The molecular formula is C12H18O8. The van der Waals surface area contributed by atoms with Crippen molar-refractivity contribution in [3.63, 3.8) is 0 Å². The minimum absolute atomic E-state index is 0.269. The highest BCUT2D eigenvalue weighted by atomic mass is 16.6. The molecule has 0 amide bonds. The molecule has 0 radical (unpaired) electrons. The van der Waals surface area contributed by atoms with Crippen LogP contribution in [0.4, 0.5) is 0 Å². The number of hydrogen-bond donors (Lipinski definition) is 1. The maximum absolute atomic E-state index is 11.1. The van der Waals surface area contributed by atoms with E-state index in [-0.39, 0.29) is 6.42 Å². The highest BCUT2D eigenvalue weighted by molar-refractivity contribution is 5.68. The van der Waals surface area contributed by atoms with Crippen LogP contribution in [0.5, 0.6) is 0 Å². The van der Waals surface area contributed by atoms with E-state index in [1.807, 2.05) is 0 Å². The summed E-state index contributed by atoms with van der Waals surface area (Å²) in [5.41, 5.74) is 0. The largest absolute Gasteiger partial charge is 0.458 e. The zero-order chi connectivity index (χ0) is 15.7. The maximum Gasteiger partial charge on any atom is 0.303 e. The molecule has 8 nitrogen and oxygen atoms in total. The average molecular weight is 290 g/mol. The third-order valence-corrected chi connectivity index (χ3v) is 2.18. The third kappa shape index (κ3) is 6.83. The summed E-state index contributed by atoms with van der Waals surface area (Å²) in [7, 11) is 0. The molecule has 0 aliphatic rings. The Morgan fingerprint density at radius 2 is 1.40 bits per heavy atom. The van der Waals surface area contributed by atoms with E-state index in [1.54, 1.807) is 0 Å². The van der Waals surface area contributed by atoms with Gasteiger partial charge in [0.15, 0.2) is 12.2 Å². The highest BCUT2D eigenvalue weighted by Crippen LogP contribution is 2.16. The number of aliphatic hydroxyl groups is 1. The van der Waals surface area contributed by atoms with Crippen molar-refractivity contribution in [2.75, 3.05) is 6.61 Å². The highest BCUT2D eigenvalue weighted by Gasteiger charge is 2.36. The molecule has 1 N–H and O–H groups in total. The molecule has 0 aromatic carbocycles. The van der Waals surface area contributed by atoms with Gasteiger partial charge in [-0.3, -0.25) is 14.4 Å². The van der Waals surface area contributed by atoms with E-state index in [9.17, 15) is 24.3 Å². The summed E-state index contributed by atoms with van der Waals surface area (Å²) in [4.78, 5) is 43.7. The number of carbonyl (C=O) groups is 4. The van der Waals surface area contributed by atoms with Gasteiger partial charge in [-0.05, 0) is 0 Å². The summed E-state index contributed by atoms with van der Waals surface area (Å²) in [5, 5.41) is 9.21. The molecule has 0 aromatic heterocycles. The van der Waals surface area contributed by atoms with E-state index < -0.39 is 42.8 Å². The van der Waals surface area contributed by atoms with Crippen LogP contribution in [0.2, 0.25) is 0 Å². The van der Waals surface area contributed by atoms with Crippen molar-refractivity contribution in [1.29, 1.82) is 0 Å². The lowest BCUT2D eigenvalue weighted by atomic mass is 10.1. The van der Waals surface area contributed by atoms with Crippen LogP contribution >= 0.6 is 0 Å². The number of hydrogen-bond acceptors (Lipinski definition) is 8. The summed E-state index contributed by atoms with van der Waals surface area (Å²) < 4.78 is 14.6. The van der Waals surface area contributed by atoms with Crippen molar-refractivity contribution in [2.45, 2.75) is 45.5 Å². The molecule has 0 heterocycles. The van der Waals surface area contributed by atoms with Crippen LogP contribution in [0, 0.1) is 0 Å². The fourth-order valence-corrected chi connectivity index (χ4v) is 1.56. The van der Waals surface area contributed by atoms with Gasteiger partial charge in [-0.25, -0.2) is 0 Å². The van der Waals surface area contributed by atoms with E-state index in [0.29, 0.717) is 6.29 Å². The molecule has 0 saturated carbocycles. The SMILES string of the molecule is CC(=O)O[C@H]([C@@H](CO)OC(C)=O)[C@@H](CC=O)OC(C)=O. The van der Waals surface area contributed by atoms with Crippen molar-refractivity contribution in [3.05, 3.63) is 0 Å². The van der Waals surface area contributed by atoms with Crippen LogP contribution in [0.3, 0.4) is 0 Å². The summed E-state index contributed by atoms with van der Waals surface area (Å²) in [6.07, 6.45) is -3.46. The number of aliphatic hydroxyl groups excluding tert-OH is 1. The van der Waals surface area contributed by atoms with Crippen LogP contribution in [-0.2, 0) is 33.4 Å². The van der Waals surface area contributed by atoms with Gasteiger partial charge >= 0.3 is 17.9 Å². The van der Waals surface area contributed by atoms with Gasteiger partial charge in [0.1, 0.15) is 12.4 Å². The predicted octanol–water partition coefficient (Wildman–Crippen LogP) is -0.637. The molecule has 0 aliphatic carbocycles. The van der Waals surface area contributed by atoms with Gasteiger partial charge < -0.3 is 24.1 Å². The monoisotopic (exact) mass is 290 g/mol. The first-order chi connectivity index (χ1) is 9.31. The molecule has 0 aliphatic heterocycles. The molecule has 0 spiro atoms. The molecule has 0 aromatic rings. The predicted molar refractivity (Wildman–Crippen MR) is 64.4 cm³/mol. The quantitative estimate of drug-likeness (QED) is 0.356. The zero-order valence-electron chi connectivity index (χ0n) is 11.5. The van der Waals surface area contributed by atoms with Crippen LogP contribution in [0.15, 0.2) is 0 Å². The van der Waals surface area contributed by atoms with Crippen molar-refractivity contribution in [2.24, 2.45) is 0 Å². The van der Waals surface area contributed by atoms with Gasteiger partial charge in [0, 0.05) is 27.2 Å². The van der Waals surface area contributed by atoms with Gasteiger partial charge in [0.05, 0.1) is 6.61 Å². The Balaban J connectivity index is 5.21. The van der Waals surface area contributed by atoms with E-state index in [0.717, 1.165) is 20.8 Å². The fraction of sp³-hybridized carbons (Fsp3) is 0.667. The minimum atomic E-state index is -1.27. The second-order valence-electron chi connectivity index (χ2n) is 3.95. The van der Waals surface area contributed by atoms with Crippen molar-refractivity contribution >= 4 is 24.2 Å². The first kappa shape index (κ1) is 18.0. The Hall–Kier alpha value is -1.96. The first-order valence-corrected chi connectivity index (χ1v) is 5.88. The second-order valence-corrected chi connectivity index (χ2v) is 3.95. The molecule has 0 unspecified atom stereocenters. The van der Waals surface area contributed by atoms with E-state index >= 15 is 0 Å². The van der Waals surface area contributed by atoms with E-state index in [2.05, 4.69) is 0 Å². The van der Waals surface area contributed by atoms with Gasteiger partial charge in [-0.1, -0.05) is 0 Å². The van der Waals surface area contributed by atoms with E-state index in [4.69, 9.17) is 14.2 Å². The Morgan fingerprint density at radius 3 is 1.75 bits per heavy atom. The molecule has 0 saturated heterocycles. The standard InChI is InChI=1S/C12H18O8/c1-7(15)18-10(4-5-13)12(20-9(3)17)11(6-14)19-8(2)16/h5,10-12,14H,4,6H2,1-3H3/t10-,11-,12+/m1/s1. The third-order valence-electron chi connectivity index (χ3n) is 2.18. The van der Waals surface area contributed by atoms with Crippen molar-refractivity contribution < 1.29 is 38.5 Å². The topological polar surface area (TPSA) is 116 Å². The lowest BCUT2D eigenvalue weighted by Gasteiger charge is -2.30. The Bertz CT molecular complexity index is 364. The molecule has 0 bridgehead atoms. The van der Waals surface area contributed by atoms with Gasteiger partial charge in [0.25, 0.3) is 0 Å². The van der Waals surface area contributed by atoms with Crippen molar-refractivity contribution in [1.82, 2.24) is 0 Å². The smallest absolute Gasteiger partial charge is 0.303 e. The summed E-state index contributed by atoms with van der Waals surface area (Å²) in [5.74, 6) is -2.15. The molecular weight excluding hydrogens is 272 g/mol. The van der Waals surface area contributed by atoms with Gasteiger partial charge in [0.2, 0.25) is 0 Å².